The number of benzene rings is 3. The highest BCUT2D eigenvalue weighted by Gasteiger charge is 2.34. The topological polar surface area (TPSA) is 142 Å². The van der Waals surface area contributed by atoms with Crippen LogP contribution in [0.25, 0.3) is 6.08 Å². The zero-order chi connectivity index (χ0) is 36.1. The van der Waals surface area contributed by atoms with Crippen LogP contribution in [0.5, 0.6) is 34.5 Å². The molecule has 2 aliphatic heterocycles. The molecule has 1 aromatic heterocycles. The third-order valence-corrected chi connectivity index (χ3v) is 8.97. The number of hydrogen-bond acceptors (Lipinski definition) is 13. The van der Waals surface area contributed by atoms with Crippen molar-refractivity contribution in [2.75, 3.05) is 40.8 Å². The molecule has 3 heterocycles. The summed E-state index contributed by atoms with van der Waals surface area (Å²) in [5.74, 6) is 1.84. The number of allylic oxidation sites excluding steroid dienone is 1. The van der Waals surface area contributed by atoms with E-state index in [0.29, 0.717) is 67.3 Å². The molecule has 0 bridgehead atoms. The van der Waals surface area contributed by atoms with E-state index in [1.165, 1.54) is 23.0 Å². The van der Waals surface area contributed by atoms with Crippen molar-refractivity contribution in [2.24, 2.45) is 4.99 Å². The Morgan fingerprint density at radius 2 is 1.71 bits per heavy atom. The molecule has 0 saturated heterocycles. The zero-order valence-electron chi connectivity index (χ0n) is 28.7. The molecule has 0 amide bonds. The molecule has 2 aliphatic rings. The predicted octanol–water partition coefficient (Wildman–Crippen LogP) is 4.07. The Morgan fingerprint density at radius 1 is 0.922 bits per heavy atom. The van der Waals surface area contributed by atoms with Crippen LogP contribution in [-0.4, -0.2) is 57.3 Å². The van der Waals surface area contributed by atoms with E-state index in [1.807, 2.05) is 24.3 Å². The minimum absolute atomic E-state index is 0.134. The molecule has 0 saturated carbocycles. The average molecular weight is 717 g/mol. The second-order valence-corrected chi connectivity index (χ2v) is 12.2. The number of carbonyl (C=O) groups is 2. The van der Waals surface area contributed by atoms with Crippen LogP contribution in [0.3, 0.4) is 0 Å². The van der Waals surface area contributed by atoms with Gasteiger partial charge in [-0.2, -0.15) is 0 Å². The molecule has 0 fully saturated rings. The lowest BCUT2D eigenvalue weighted by atomic mass is 9.95. The van der Waals surface area contributed by atoms with Crippen molar-refractivity contribution >= 4 is 29.4 Å². The molecule has 51 heavy (non-hydrogen) atoms. The quantitative estimate of drug-likeness (QED) is 0.185. The number of aromatic nitrogens is 1. The lowest BCUT2D eigenvalue weighted by molar-refractivity contribution is -0.143. The molecule has 6 rings (SSSR count). The van der Waals surface area contributed by atoms with Gasteiger partial charge < -0.3 is 37.9 Å². The minimum atomic E-state index is -0.891. The normalized spacial score (nSPS) is 14.8. The van der Waals surface area contributed by atoms with Crippen molar-refractivity contribution in [2.45, 2.75) is 33.4 Å². The first-order valence-electron chi connectivity index (χ1n) is 16.1. The first kappa shape index (κ1) is 35.1. The minimum Gasteiger partial charge on any atom is -0.493 e. The third kappa shape index (κ3) is 7.41. The van der Waals surface area contributed by atoms with E-state index in [-0.39, 0.29) is 37.7 Å². The Labute approximate surface area is 296 Å². The van der Waals surface area contributed by atoms with Crippen molar-refractivity contribution in [1.82, 2.24) is 4.57 Å². The molecule has 1 atom stereocenters. The molecular weight excluding hydrogens is 680 g/mol. The van der Waals surface area contributed by atoms with Gasteiger partial charge in [-0.25, -0.2) is 14.6 Å². The number of hydrogen-bond donors (Lipinski definition) is 0. The van der Waals surface area contributed by atoms with E-state index >= 15 is 0 Å². The number of rotatable bonds is 13. The van der Waals surface area contributed by atoms with E-state index in [1.54, 1.807) is 64.3 Å². The van der Waals surface area contributed by atoms with Crippen LogP contribution in [0, 0.1) is 0 Å². The zero-order valence-corrected chi connectivity index (χ0v) is 29.5. The van der Waals surface area contributed by atoms with Crippen molar-refractivity contribution in [3.63, 3.8) is 0 Å². The van der Waals surface area contributed by atoms with Crippen molar-refractivity contribution in [3.05, 3.63) is 102 Å². The van der Waals surface area contributed by atoms with Gasteiger partial charge in [0.05, 0.1) is 49.3 Å². The molecule has 0 unspecified atom stereocenters. The number of carbonyl (C=O) groups excluding carboxylic acids is 2. The van der Waals surface area contributed by atoms with Crippen LogP contribution >= 0.6 is 11.3 Å². The first-order chi connectivity index (χ1) is 24.7. The molecular formula is C37H36N2O11S. The van der Waals surface area contributed by atoms with Gasteiger partial charge in [0.1, 0.15) is 6.61 Å². The largest absolute Gasteiger partial charge is 0.493 e. The number of ether oxygens (including phenoxy) is 8. The molecule has 0 aliphatic carbocycles. The number of thiazole rings is 1. The van der Waals surface area contributed by atoms with Crippen molar-refractivity contribution in [1.29, 1.82) is 0 Å². The number of fused-ring (bicyclic) bond motifs is 2. The monoisotopic (exact) mass is 716 g/mol. The summed E-state index contributed by atoms with van der Waals surface area (Å²) in [6.45, 7) is 5.80. The standard InChI is InChI=1S/C37H36N2O11S/c1-6-45-30-17-24(10-13-26(30)48-19-32(40)44-5)34-33(36(42)46-7-2)21(3)38-37-39(34)35(41)31(51-37)16-22-8-11-25(28(14-22)43-4)47-18-23-9-12-27-29(15-23)50-20-49-27/h8-17,34H,6-7,18-20H2,1-5H3/b31-16-/t34-/m0/s1. The lowest BCUT2D eigenvalue weighted by Gasteiger charge is -2.25. The molecule has 14 heteroatoms. The van der Waals surface area contributed by atoms with Gasteiger partial charge in [0.15, 0.2) is 45.9 Å². The second-order valence-electron chi connectivity index (χ2n) is 11.2. The molecule has 3 aromatic carbocycles. The summed E-state index contributed by atoms with van der Waals surface area (Å²) in [5.41, 5.74) is 2.42. The van der Waals surface area contributed by atoms with Gasteiger partial charge in [-0.1, -0.05) is 29.5 Å². The van der Waals surface area contributed by atoms with Crippen LogP contribution in [0.1, 0.15) is 43.5 Å². The van der Waals surface area contributed by atoms with Crippen LogP contribution < -0.4 is 43.3 Å². The fraction of sp³-hybridized carbons (Fsp3) is 0.297. The van der Waals surface area contributed by atoms with Crippen molar-refractivity contribution in [3.8, 4) is 34.5 Å². The number of esters is 2. The van der Waals surface area contributed by atoms with E-state index in [0.717, 1.165) is 5.56 Å². The summed E-state index contributed by atoms with van der Waals surface area (Å²) in [6, 6.07) is 15.1. The highest BCUT2D eigenvalue weighted by atomic mass is 32.1. The Hall–Kier alpha value is -5.76. The predicted molar refractivity (Wildman–Crippen MR) is 185 cm³/mol. The van der Waals surface area contributed by atoms with E-state index in [2.05, 4.69) is 9.73 Å². The maximum Gasteiger partial charge on any atom is 0.343 e. The smallest absolute Gasteiger partial charge is 0.343 e. The van der Waals surface area contributed by atoms with Crippen LogP contribution in [-0.2, 0) is 25.7 Å². The summed E-state index contributed by atoms with van der Waals surface area (Å²) < 4.78 is 46.0. The maximum absolute atomic E-state index is 14.2. The van der Waals surface area contributed by atoms with Crippen molar-refractivity contribution < 1.29 is 47.5 Å². The van der Waals surface area contributed by atoms with Gasteiger partial charge >= 0.3 is 11.9 Å². The number of methoxy groups -OCH3 is 2. The van der Waals surface area contributed by atoms with Gasteiger partial charge in [-0.3, -0.25) is 9.36 Å². The maximum atomic E-state index is 14.2. The summed E-state index contributed by atoms with van der Waals surface area (Å²) in [5, 5.41) is 0. The van der Waals surface area contributed by atoms with Crippen LogP contribution in [0.4, 0.5) is 0 Å². The molecule has 0 N–H and O–H groups in total. The van der Waals surface area contributed by atoms with Gasteiger partial charge in [0, 0.05) is 0 Å². The van der Waals surface area contributed by atoms with Gasteiger partial charge in [-0.05, 0) is 79.9 Å². The Morgan fingerprint density at radius 3 is 2.47 bits per heavy atom. The number of nitrogens with zero attached hydrogens (tertiary/aromatic N) is 2. The van der Waals surface area contributed by atoms with Crippen LogP contribution in [0.15, 0.2) is 75.7 Å². The highest BCUT2D eigenvalue weighted by Crippen LogP contribution is 2.37. The van der Waals surface area contributed by atoms with E-state index in [9.17, 15) is 14.4 Å². The highest BCUT2D eigenvalue weighted by molar-refractivity contribution is 7.07. The van der Waals surface area contributed by atoms with Gasteiger partial charge in [-0.15, -0.1) is 0 Å². The van der Waals surface area contributed by atoms with Crippen LogP contribution in [0.2, 0.25) is 0 Å². The summed E-state index contributed by atoms with van der Waals surface area (Å²) in [7, 11) is 2.81. The fourth-order valence-corrected chi connectivity index (χ4v) is 6.67. The lowest BCUT2D eigenvalue weighted by Crippen LogP contribution is -2.40. The SMILES string of the molecule is CCOC(=O)C1=C(C)N=c2s/c(=C\c3ccc(OCc4ccc5c(c4)OCO5)c(OC)c3)c(=O)n2[C@H]1c1ccc(OCC(=O)OC)c(OCC)c1. The van der Waals surface area contributed by atoms with E-state index in [4.69, 9.17) is 33.2 Å². The summed E-state index contributed by atoms with van der Waals surface area (Å²) in [4.78, 5) is 44.4. The van der Waals surface area contributed by atoms with Gasteiger partial charge in [0.2, 0.25) is 6.79 Å². The Bertz CT molecular complexity index is 2190. The van der Waals surface area contributed by atoms with Gasteiger partial charge in [0.25, 0.3) is 5.56 Å². The van der Waals surface area contributed by atoms with E-state index < -0.39 is 18.0 Å². The molecule has 4 aromatic rings. The summed E-state index contributed by atoms with van der Waals surface area (Å²) in [6.07, 6.45) is 1.74. The second kappa shape index (κ2) is 15.4. The Balaban J connectivity index is 1.36. The average Bonchev–Trinajstić information content (AvgIpc) is 3.72. The molecule has 0 radical (unpaired) electrons. The fourth-order valence-electron chi connectivity index (χ4n) is 5.62. The Kier molecular flexibility index (Phi) is 10.6. The molecule has 266 valence electrons. The molecule has 0 spiro atoms. The summed E-state index contributed by atoms with van der Waals surface area (Å²) >= 11 is 1.19. The molecule has 13 nitrogen and oxygen atoms in total. The third-order valence-electron chi connectivity index (χ3n) is 7.99. The first-order valence-corrected chi connectivity index (χ1v) is 16.9.